The number of aromatic nitrogens is 2. The topological polar surface area (TPSA) is 77.2 Å². The standard InChI is InChI=1S/C16H11Cl2N3O3/c17-11-4-5-14(13(18)7-11)23-8-15(22)20-12-3-1-2-10(6-12)16-19-9-24-21-16/h1-7,9H,8H2,(H,20,22). The molecule has 0 bridgehead atoms. The Morgan fingerprint density at radius 1 is 1.21 bits per heavy atom. The van der Waals surface area contributed by atoms with Gasteiger partial charge in [0.25, 0.3) is 5.91 Å². The van der Waals surface area contributed by atoms with E-state index in [4.69, 9.17) is 32.5 Å². The predicted molar refractivity (Wildman–Crippen MR) is 90.3 cm³/mol. The zero-order valence-corrected chi connectivity index (χ0v) is 13.7. The van der Waals surface area contributed by atoms with Gasteiger partial charge in [0.1, 0.15) is 5.75 Å². The summed E-state index contributed by atoms with van der Waals surface area (Å²) in [6, 6.07) is 11.9. The highest BCUT2D eigenvalue weighted by Gasteiger charge is 2.09. The van der Waals surface area contributed by atoms with Crippen molar-refractivity contribution in [2.24, 2.45) is 0 Å². The minimum Gasteiger partial charge on any atom is -0.482 e. The van der Waals surface area contributed by atoms with Crippen LogP contribution < -0.4 is 10.1 Å². The van der Waals surface area contributed by atoms with Crippen molar-refractivity contribution in [1.29, 1.82) is 0 Å². The number of carbonyl (C=O) groups is 1. The van der Waals surface area contributed by atoms with E-state index >= 15 is 0 Å². The van der Waals surface area contributed by atoms with Gasteiger partial charge in [-0.1, -0.05) is 40.5 Å². The normalized spacial score (nSPS) is 10.4. The highest BCUT2D eigenvalue weighted by molar-refractivity contribution is 6.35. The van der Waals surface area contributed by atoms with Gasteiger partial charge < -0.3 is 14.6 Å². The van der Waals surface area contributed by atoms with E-state index in [1.807, 2.05) is 6.07 Å². The summed E-state index contributed by atoms with van der Waals surface area (Å²) in [5.41, 5.74) is 1.32. The van der Waals surface area contributed by atoms with E-state index in [1.54, 1.807) is 36.4 Å². The molecule has 1 heterocycles. The molecule has 0 radical (unpaired) electrons. The van der Waals surface area contributed by atoms with Gasteiger partial charge in [0.2, 0.25) is 12.2 Å². The quantitative estimate of drug-likeness (QED) is 0.739. The van der Waals surface area contributed by atoms with Crippen LogP contribution in [-0.2, 0) is 4.79 Å². The maximum atomic E-state index is 12.0. The molecule has 0 atom stereocenters. The summed E-state index contributed by atoms with van der Waals surface area (Å²) < 4.78 is 10.1. The highest BCUT2D eigenvalue weighted by atomic mass is 35.5. The maximum Gasteiger partial charge on any atom is 0.262 e. The third-order valence-corrected chi connectivity index (χ3v) is 3.55. The molecule has 24 heavy (non-hydrogen) atoms. The smallest absolute Gasteiger partial charge is 0.262 e. The first-order valence-electron chi connectivity index (χ1n) is 6.86. The molecule has 0 saturated carbocycles. The number of anilines is 1. The fourth-order valence-corrected chi connectivity index (χ4v) is 2.43. The van der Waals surface area contributed by atoms with Gasteiger partial charge in [0, 0.05) is 16.3 Å². The number of rotatable bonds is 5. The lowest BCUT2D eigenvalue weighted by Crippen LogP contribution is -2.20. The molecule has 1 N–H and O–H groups in total. The Bertz CT molecular complexity index is 854. The molecule has 6 nitrogen and oxygen atoms in total. The van der Waals surface area contributed by atoms with Gasteiger partial charge >= 0.3 is 0 Å². The molecule has 0 spiro atoms. The molecule has 0 aliphatic carbocycles. The third-order valence-electron chi connectivity index (χ3n) is 3.02. The van der Waals surface area contributed by atoms with Crippen molar-refractivity contribution in [2.45, 2.75) is 0 Å². The number of halogens is 2. The first kappa shape index (κ1) is 16.3. The minimum atomic E-state index is -0.328. The Morgan fingerprint density at radius 3 is 2.83 bits per heavy atom. The summed E-state index contributed by atoms with van der Waals surface area (Å²) >= 11 is 11.8. The van der Waals surface area contributed by atoms with Crippen LogP contribution in [0.4, 0.5) is 5.69 Å². The van der Waals surface area contributed by atoms with Crippen LogP contribution in [0.2, 0.25) is 10.0 Å². The van der Waals surface area contributed by atoms with Crippen LogP contribution in [0.1, 0.15) is 0 Å². The van der Waals surface area contributed by atoms with E-state index in [2.05, 4.69) is 15.5 Å². The molecule has 0 saturated heterocycles. The van der Waals surface area contributed by atoms with Gasteiger partial charge in [0.15, 0.2) is 6.61 Å². The van der Waals surface area contributed by atoms with Gasteiger partial charge in [-0.15, -0.1) is 0 Å². The second-order valence-electron chi connectivity index (χ2n) is 4.75. The Balaban J connectivity index is 1.62. The third kappa shape index (κ3) is 4.04. The van der Waals surface area contributed by atoms with Crippen LogP contribution in [0, 0.1) is 0 Å². The van der Waals surface area contributed by atoms with Crippen molar-refractivity contribution in [3.8, 4) is 17.1 Å². The number of carbonyl (C=O) groups excluding carboxylic acids is 1. The summed E-state index contributed by atoms with van der Waals surface area (Å²) in [7, 11) is 0. The molecule has 1 aromatic heterocycles. The summed E-state index contributed by atoms with van der Waals surface area (Å²) in [5, 5.41) is 7.31. The van der Waals surface area contributed by atoms with E-state index in [1.165, 1.54) is 6.39 Å². The molecule has 0 unspecified atom stereocenters. The number of ether oxygens (including phenoxy) is 1. The largest absolute Gasteiger partial charge is 0.482 e. The molecule has 0 aliphatic rings. The molecule has 0 fully saturated rings. The van der Waals surface area contributed by atoms with Crippen LogP contribution in [0.5, 0.6) is 5.75 Å². The van der Waals surface area contributed by atoms with Gasteiger partial charge in [-0.25, -0.2) is 0 Å². The number of hydrogen-bond acceptors (Lipinski definition) is 5. The zero-order chi connectivity index (χ0) is 16.9. The van der Waals surface area contributed by atoms with Crippen LogP contribution in [0.25, 0.3) is 11.4 Å². The lowest BCUT2D eigenvalue weighted by Gasteiger charge is -2.09. The monoisotopic (exact) mass is 363 g/mol. The van der Waals surface area contributed by atoms with Crippen LogP contribution in [0.15, 0.2) is 53.4 Å². The molecule has 8 heteroatoms. The fraction of sp³-hybridized carbons (Fsp3) is 0.0625. The zero-order valence-electron chi connectivity index (χ0n) is 12.2. The first-order valence-corrected chi connectivity index (χ1v) is 7.62. The van der Waals surface area contributed by atoms with Crippen molar-refractivity contribution in [1.82, 2.24) is 10.1 Å². The predicted octanol–water partition coefficient (Wildman–Crippen LogP) is 4.06. The number of nitrogens with zero attached hydrogens (tertiary/aromatic N) is 2. The van der Waals surface area contributed by atoms with Crippen molar-refractivity contribution in [2.75, 3.05) is 11.9 Å². The summed E-state index contributed by atoms with van der Waals surface area (Å²) in [4.78, 5) is 16.0. The molecular weight excluding hydrogens is 353 g/mol. The number of benzene rings is 2. The number of nitrogens with one attached hydrogen (secondary N) is 1. The minimum absolute atomic E-state index is 0.187. The molecule has 2 aromatic carbocycles. The van der Waals surface area contributed by atoms with Gasteiger partial charge in [0.05, 0.1) is 5.02 Å². The Labute approximate surface area is 147 Å². The average molecular weight is 364 g/mol. The van der Waals surface area contributed by atoms with Gasteiger partial charge in [-0.3, -0.25) is 4.79 Å². The second-order valence-corrected chi connectivity index (χ2v) is 5.59. The Kier molecular flexibility index (Phi) is 4.98. The van der Waals surface area contributed by atoms with Crippen molar-refractivity contribution >= 4 is 34.8 Å². The highest BCUT2D eigenvalue weighted by Crippen LogP contribution is 2.27. The van der Waals surface area contributed by atoms with Gasteiger partial charge in [-0.2, -0.15) is 4.98 Å². The van der Waals surface area contributed by atoms with E-state index in [-0.39, 0.29) is 12.5 Å². The van der Waals surface area contributed by atoms with Crippen molar-refractivity contribution < 1.29 is 14.1 Å². The first-order chi connectivity index (χ1) is 11.6. The van der Waals surface area contributed by atoms with E-state index < -0.39 is 0 Å². The van der Waals surface area contributed by atoms with Crippen molar-refractivity contribution in [3.63, 3.8) is 0 Å². The Hall–Kier alpha value is -2.57. The van der Waals surface area contributed by atoms with Crippen molar-refractivity contribution in [3.05, 3.63) is 58.9 Å². The SMILES string of the molecule is O=C(COc1ccc(Cl)cc1Cl)Nc1cccc(-c2ncon2)c1. The molecule has 1 amide bonds. The number of hydrogen-bond donors (Lipinski definition) is 1. The molecule has 3 rings (SSSR count). The average Bonchev–Trinajstić information content (AvgIpc) is 3.09. The second kappa shape index (κ2) is 7.33. The van der Waals surface area contributed by atoms with Gasteiger partial charge in [-0.05, 0) is 30.3 Å². The van der Waals surface area contributed by atoms with Crippen LogP contribution in [0.3, 0.4) is 0 Å². The summed E-state index contributed by atoms with van der Waals surface area (Å²) in [6.07, 6.45) is 1.24. The summed E-state index contributed by atoms with van der Waals surface area (Å²) in [5.74, 6) is 0.498. The number of amides is 1. The maximum absolute atomic E-state index is 12.0. The van der Waals surface area contributed by atoms with Crippen LogP contribution >= 0.6 is 23.2 Å². The summed E-state index contributed by atoms with van der Waals surface area (Å²) in [6.45, 7) is -0.187. The molecular formula is C16H11Cl2N3O3. The Morgan fingerprint density at radius 2 is 2.08 bits per heavy atom. The lowest BCUT2D eigenvalue weighted by atomic mass is 10.2. The van der Waals surface area contributed by atoms with Crippen LogP contribution in [-0.4, -0.2) is 22.7 Å². The molecule has 122 valence electrons. The van der Waals surface area contributed by atoms with E-state index in [0.717, 1.165) is 5.56 Å². The van der Waals surface area contributed by atoms with E-state index in [0.29, 0.717) is 27.3 Å². The lowest BCUT2D eigenvalue weighted by molar-refractivity contribution is -0.118. The fourth-order valence-electron chi connectivity index (χ4n) is 1.97. The van der Waals surface area contributed by atoms with E-state index in [9.17, 15) is 4.79 Å². The molecule has 3 aromatic rings. The molecule has 0 aliphatic heterocycles.